The molecule has 0 spiro atoms. The van der Waals surface area contributed by atoms with Crippen molar-refractivity contribution in [1.82, 2.24) is 5.32 Å². The van der Waals surface area contributed by atoms with E-state index in [2.05, 4.69) is 35.6 Å². The van der Waals surface area contributed by atoms with E-state index in [1.165, 1.54) is 18.4 Å². The number of hydrogen-bond donors (Lipinski definition) is 2. The van der Waals surface area contributed by atoms with E-state index in [0.29, 0.717) is 6.04 Å². The van der Waals surface area contributed by atoms with E-state index in [9.17, 15) is 5.11 Å². The smallest absolute Gasteiger partial charge is 0.0657 e. The van der Waals surface area contributed by atoms with Gasteiger partial charge in [-0.2, -0.15) is 0 Å². The van der Waals surface area contributed by atoms with E-state index < -0.39 is 0 Å². The highest BCUT2D eigenvalue weighted by Gasteiger charge is 2.54. The minimum Gasteiger partial charge on any atom is -0.390 e. The molecule has 108 valence electrons. The van der Waals surface area contributed by atoms with Gasteiger partial charge in [-0.15, -0.1) is 0 Å². The normalized spacial score (nSPS) is 42.0. The van der Waals surface area contributed by atoms with Gasteiger partial charge < -0.3 is 10.4 Å². The molecule has 1 aromatic rings. The van der Waals surface area contributed by atoms with Gasteiger partial charge in [0, 0.05) is 6.04 Å². The van der Waals surface area contributed by atoms with Gasteiger partial charge in [-0.05, 0) is 68.4 Å². The second-order valence-corrected chi connectivity index (χ2v) is 7.41. The lowest BCUT2D eigenvalue weighted by molar-refractivity contribution is -0.138. The summed E-state index contributed by atoms with van der Waals surface area (Å²) in [4.78, 5) is 0. The average molecular weight is 271 g/mol. The summed E-state index contributed by atoms with van der Waals surface area (Å²) in [6.45, 7) is 1.07. The maximum Gasteiger partial charge on any atom is 0.0657 e. The van der Waals surface area contributed by atoms with Crippen molar-refractivity contribution in [2.24, 2.45) is 17.8 Å². The quantitative estimate of drug-likeness (QED) is 0.882. The van der Waals surface area contributed by atoms with Gasteiger partial charge in [-0.25, -0.2) is 0 Å². The first-order valence-corrected chi connectivity index (χ1v) is 8.22. The van der Waals surface area contributed by atoms with Crippen LogP contribution in [0.4, 0.5) is 0 Å². The van der Waals surface area contributed by atoms with E-state index in [1.807, 2.05) is 0 Å². The maximum atomic E-state index is 10.6. The second kappa shape index (κ2) is 4.85. The maximum absolute atomic E-state index is 10.6. The molecule has 1 aromatic carbocycles. The van der Waals surface area contributed by atoms with Crippen molar-refractivity contribution in [1.29, 1.82) is 0 Å². The van der Waals surface area contributed by atoms with Gasteiger partial charge in [-0.1, -0.05) is 30.3 Å². The SMILES string of the molecule is OC12CC3CC(C1)C(NCCc1ccccc1)C(C3)C2. The van der Waals surface area contributed by atoms with Crippen LogP contribution in [0.5, 0.6) is 0 Å². The van der Waals surface area contributed by atoms with Gasteiger partial charge in [0.25, 0.3) is 0 Å². The van der Waals surface area contributed by atoms with Crippen molar-refractivity contribution < 1.29 is 5.11 Å². The Morgan fingerprint density at radius 1 is 1.05 bits per heavy atom. The number of aliphatic hydroxyl groups is 1. The van der Waals surface area contributed by atoms with Gasteiger partial charge in [0.2, 0.25) is 0 Å². The van der Waals surface area contributed by atoms with Crippen LogP contribution in [0.3, 0.4) is 0 Å². The lowest BCUT2D eigenvalue weighted by atomic mass is 9.52. The molecule has 0 radical (unpaired) electrons. The van der Waals surface area contributed by atoms with E-state index >= 15 is 0 Å². The van der Waals surface area contributed by atoms with Gasteiger partial charge in [-0.3, -0.25) is 0 Å². The van der Waals surface area contributed by atoms with Crippen LogP contribution >= 0.6 is 0 Å². The molecule has 4 aliphatic rings. The molecule has 4 saturated carbocycles. The van der Waals surface area contributed by atoms with Gasteiger partial charge in [0.1, 0.15) is 0 Å². The highest BCUT2D eigenvalue weighted by atomic mass is 16.3. The molecule has 2 atom stereocenters. The molecule has 0 saturated heterocycles. The summed E-state index contributed by atoms with van der Waals surface area (Å²) in [7, 11) is 0. The predicted octanol–water partition coefficient (Wildman–Crippen LogP) is 2.76. The van der Waals surface area contributed by atoms with E-state index in [4.69, 9.17) is 0 Å². The third kappa shape index (κ3) is 2.29. The van der Waals surface area contributed by atoms with E-state index in [1.54, 1.807) is 0 Å². The average Bonchev–Trinajstić information content (AvgIpc) is 2.41. The highest BCUT2D eigenvalue weighted by Crippen LogP contribution is 2.55. The van der Waals surface area contributed by atoms with Crippen LogP contribution in [0.2, 0.25) is 0 Å². The lowest BCUT2D eigenvalue weighted by Crippen LogP contribution is -2.61. The lowest BCUT2D eigenvalue weighted by Gasteiger charge is -2.58. The zero-order chi connectivity index (χ0) is 13.6. The van der Waals surface area contributed by atoms with Crippen molar-refractivity contribution in [2.45, 2.75) is 50.2 Å². The van der Waals surface area contributed by atoms with Gasteiger partial charge in [0.15, 0.2) is 0 Å². The monoisotopic (exact) mass is 271 g/mol. The molecule has 4 fully saturated rings. The van der Waals surface area contributed by atoms with Crippen molar-refractivity contribution in [3.63, 3.8) is 0 Å². The summed E-state index contributed by atoms with van der Waals surface area (Å²) in [5.74, 6) is 2.26. The minimum absolute atomic E-state index is 0.298. The van der Waals surface area contributed by atoms with Gasteiger partial charge >= 0.3 is 0 Å². The molecule has 2 unspecified atom stereocenters. The molecular weight excluding hydrogens is 246 g/mol. The van der Waals surface area contributed by atoms with Crippen molar-refractivity contribution in [2.75, 3.05) is 6.54 Å². The molecule has 2 heteroatoms. The van der Waals surface area contributed by atoms with Crippen molar-refractivity contribution in [3.8, 4) is 0 Å². The number of nitrogens with one attached hydrogen (secondary N) is 1. The largest absolute Gasteiger partial charge is 0.390 e. The Hall–Kier alpha value is -0.860. The molecule has 2 nitrogen and oxygen atoms in total. The summed E-state index contributed by atoms with van der Waals surface area (Å²) in [5, 5.41) is 14.4. The number of hydrogen-bond acceptors (Lipinski definition) is 2. The Morgan fingerprint density at radius 3 is 2.40 bits per heavy atom. The first kappa shape index (κ1) is 12.8. The molecule has 4 aliphatic carbocycles. The first-order chi connectivity index (χ1) is 9.72. The standard InChI is InChI=1S/C18H25NO/c20-18-10-14-8-15(11-18)17(16(9-14)12-18)19-7-6-13-4-2-1-3-5-13/h1-5,14-17,19-20H,6-12H2. The number of benzene rings is 1. The Kier molecular flexibility index (Phi) is 3.12. The van der Waals surface area contributed by atoms with Crippen LogP contribution in [-0.2, 0) is 6.42 Å². The van der Waals surface area contributed by atoms with Crippen LogP contribution < -0.4 is 5.32 Å². The van der Waals surface area contributed by atoms with Crippen LogP contribution in [0, 0.1) is 17.8 Å². The summed E-state index contributed by atoms with van der Waals surface area (Å²) in [6.07, 6.45) is 6.98. The zero-order valence-corrected chi connectivity index (χ0v) is 12.1. The van der Waals surface area contributed by atoms with Crippen LogP contribution in [0.1, 0.15) is 37.7 Å². The van der Waals surface area contributed by atoms with Crippen LogP contribution in [0.15, 0.2) is 30.3 Å². The fourth-order valence-electron chi connectivity index (χ4n) is 5.34. The molecular formula is C18H25NO. The number of rotatable bonds is 4. The molecule has 0 aliphatic heterocycles. The van der Waals surface area contributed by atoms with E-state index in [-0.39, 0.29) is 5.60 Å². The second-order valence-electron chi connectivity index (χ2n) is 7.41. The summed E-state index contributed by atoms with van der Waals surface area (Å²) < 4.78 is 0. The summed E-state index contributed by atoms with van der Waals surface area (Å²) in [6, 6.07) is 11.4. The Labute approximate surface area is 121 Å². The Balaban J connectivity index is 1.36. The Morgan fingerprint density at radius 2 is 1.75 bits per heavy atom. The molecule has 5 rings (SSSR count). The summed E-state index contributed by atoms with van der Waals surface area (Å²) in [5.41, 5.74) is 1.12. The highest BCUT2D eigenvalue weighted by molar-refractivity contribution is 5.15. The molecule has 0 heterocycles. The molecule has 0 amide bonds. The van der Waals surface area contributed by atoms with Crippen molar-refractivity contribution >= 4 is 0 Å². The molecule has 4 bridgehead atoms. The zero-order valence-electron chi connectivity index (χ0n) is 12.1. The van der Waals surface area contributed by atoms with Crippen LogP contribution in [-0.4, -0.2) is 23.3 Å². The fourth-order valence-corrected chi connectivity index (χ4v) is 5.34. The fraction of sp³-hybridized carbons (Fsp3) is 0.667. The summed E-state index contributed by atoms with van der Waals surface area (Å²) >= 11 is 0. The minimum atomic E-state index is -0.298. The molecule has 2 N–H and O–H groups in total. The van der Waals surface area contributed by atoms with Crippen molar-refractivity contribution in [3.05, 3.63) is 35.9 Å². The molecule has 20 heavy (non-hydrogen) atoms. The topological polar surface area (TPSA) is 32.3 Å². The van der Waals surface area contributed by atoms with E-state index in [0.717, 1.165) is 50.0 Å². The third-order valence-electron chi connectivity index (χ3n) is 5.88. The first-order valence-electron chi connectivity index (χ1n) is 8.22. The van der Waals surface area contributed by atoms with Crippen LogP contribution in [0.25, 0.3) is 0 Å². The Bertz CT molecular complexity index is 456. The third-order valence-corrected chi connectivity index (χ3v) is 5.88. The predicted molar refractivity (Wildman–Crippen MR) is 80.4 cm³/mol. The van der Waals surface area contributed by atoms with Gasteiger partial charge in [0.05, 0.1) is 5.60 Å². The molecule has 0 aromatic heterocycles.